The summed E-state index contributed by atoms with van der Waals surface area (Å²) in [7, 11) is -3.34. The van der Waals surface area contributed by atoms with Gasteiger partial charge in [0.2, 0.25) is 15.9 Å². The van der Waals surface area contributed by atoms with Gasteiger partial charge >= 0.3 is 0 Å². The Morgan fingerprint density at radius 1 is 1.09 bits per heavy atom. The topological polar surface area (TPSA) is 143 Å². The minimum atomic E-state index is -3.34. The molecule has 0 bridgehead atoms. The van der Waals surface area contributed by atoms with E-state index in [0.717, 1.165) is 78.5 Å². The van der Waals surface area contributed by atoms with Crippen LogP contribution in [0.3, 0.4) is 0 Å². The lowest BCUT2D eigenvalue weighted by molar-refractivity contribution is -0.135. The molecule has 1 aliphatic carbocycles. The highest BCUT2D eigenvalue weighted by molar-refractivity contribution is 7.89. The van der Waals surface area contributed by atoms with Crippen LogP contribution in [0, 0.1) is 11.3 Å². The Bertz CT molecular complexity index is 2130. The minimum absolute atomic E-state index is 0.0136. The fourth-order valence-electron chi connectivity index (χ4n) is 8.41. The molecule has 0 atom stereocenters. The fraction of sp³-hybridized carbons (Fsp3) is 0.487. The lowest BCUT2D eigenvalue weighted by Crippen LogP contribution is -2.51. The summed E-state index contributed by atoms with van der Waals surface area (Å²) in [6.45, 7) is 7.98. The van der Waals surface area contributed by atoms with E-state index < -0.39 is 15.3 Å². The number of hydrogen-bond donors (Lipinski definition) is 3. The number of amides is 2. The van der Waals surface area contributed by atoms with Gasteiger partial charge in [-0.15, -0.1) is 11.3 Å². The van der Waals surface area contributed by atoms with Gasteiger partial charge in [-0.2, -0.15) is 0 Å². The van der Waals surface area contributed by atoms with Gasteiger partial charge in [-0.3, -0.25) is 9.59 Å². The highest BCUT2D eigenvalue weighted by atomic mass is 35.5. The summed E-state index contributed by atoms with van der Waals surface area (Å²) in [4.78, 5) is 32.4. The SMILES string of the molecule is CC(C)S(=O)(=O)N1CCC(n2cc(-c3cccc(C(N)=S)c3)c3ccc(CNC(=O)C4CC5(CCN(CCNC(=O)c6nccs6)CC5)C4)c(Cl)c32)CC1. The van der Waals surface area contributed by atoms with Gasteiger partial charge < -0.3 is 25.8 Å². The first-order valence-electron chi connectivity index (χ1n) is 18.7. The molecule has 4 aromatic rings. The molecule has 7 rings (SSSR count). The molecule has 15 heteroatoms. The maximum Gasteiger partial charge on any atom is 0.280 e. The van der Waals surface area contributed by atoms with Crippen molar-refractivity contribution < 1.29 is 18.0 Å². The van der Waals surface area contributed by atoms with Gasteiger partial charge in [-0.05, 0) is 88.1 Å². The fourth-order valence-corrected chi connectivity index (χ4v) is 10.7. The summed E-state index contributed by atoms with van der Waals surface area (Å²) in [6, 6.07) is 12.0. The zero-order valence-corrected chi connectivity index (χ0v) is 33.9. The molecule has 3 aliphatic rings. The number of hydrogen-bond acceptors (Lipinski definition) is 8. The number of carbonyl (C=O) groups is 2. The van der Waals surface area contributed by atoms with Gasteiger partial charge in [0.25, 0.3) is 5.91 Å². The summed E-state index contributed by atoms with van der Waals surface area (Å²) in [6.07, 6.45) is 8.97. The number of fused-ring (bicyclic) bond motifs is 1. The monoisotopic (exact) mass is 809 g/mol. The van der Waals surface area contributed by atoms with Crippen molar-refractivity contribution in [3.8, 4) is 11.1 Å². The Labute approximate surface area is 331 Å². The molecule has 2 aliphatic heterocycles. The van der Waals surface area contributed by atoms with Crippen LogP contribution in [-0.2, 0) is 21.4 Å². The van der Waals surface area contributed by atoms with Crippen LogP contribution in [0.2, 0.25) is 5.02 Å². The highest BCUT2D eigenvalue weighted by Crippen LogP contribution is 2.52. The van der Waals surface area contributed by atoms with E-state index in [1.54, 1.807) is 29.7 Å². The molecular formula is C39H48ClN7O4S3. The summed E-state index contributed by atoms with van der Waals surface area (Å²) >= 11 is 13.9. The standard InChI is InChI=1S/C39H48ClN7O4S3/c1-25(2)54(50,51)46-14-8-30(9-15-46)47-24-32(26-4-3-5-27(20-26)35(41)52)31-7-6-28(33(40)34(31)47)23-44-36(48)29-21-39(22-29)10-16-45(17-11-39)18-12-42-37(49)38-43-13-19-53-38/h3-7,13,19-20,24-25,29-30H,8-12,14-18,21-23H2,1-2H3,(H2,41,52)(H,42,49)(H,44,48). The lowest BCUT2D eigenvalue weighted by Gasteiger charge is -2.51. The number of nitrogens with two attached hydrogens (primary N) is 1. The first-order valence-corrected chi connectivity index (χ1v) is 21.9. The summed E-state index contributed by atoms with van der Waals surface area (Å²) in [5.41, 5.74) is 10.6. The molecule has 1 saturated carbocycles. The van der Waals surface area contributed by atoms with E-state index >= 15 is 0 Å². The van der Waals surface area contributed by atoms with Crippen molar-refractivity contribution in [2.24, 2.45) is 17.1 Å². The van der Waals surface area contributed by atoms with E-state index in [1.165, 1.54) is 11.3 Å². The third-order valence-corrected chi connectivity index (χ3v) is 15.4. The van der Waals surface area contributed by atoms with Crippen LogP contribution in [0.4, 0.5) is 0 Å². The van der Waals surface area contributed by atoms with E-state index in [-0.39, 0.29) is 29.2 Å². The zero-order valence-electron chi connectivity index (χ0n) is 30.7. The van der Waals surface area contributed by atoms with E-state index in [0.29, 0.717) is 54.0 Å². The molecule has 0 radical (unpaired) electrons. The molecule has 0 unspecified atom stereocenters. The molecule has 2 aromatic carbocycles. The molecule has 54 heavy (non-hydrogen) atoms. The highest BCUT2D eigenvalue weighted by Gasteiger charge is 2.48. The van der Waals surface area contributed by atoms with E-state index in [2.05, 4.69) is 37.3 Å². The Morgan fingerprint density at radius 2 is 1.83 bits per heavy atom. The van der Waals surface area contributed by atoms with E-state index in [4.69, 9.17) is 29.6 Å². The van der Waals surface area contributed by atoms with Crippen LogP contribution in [-0.4, -0.2) is 88.5 Å². The Balaban J connectivity index is 1.00. The number of likely N-dealkylation sites (tertiary alicyclic amines) is 1. The summed E-state index contributed by atoms with van der Waals surface area (Å²) in [5, 5.41) is 9.53. The molecule has 11 nitrogen and oxygen atoms in total. The normalized spacial score (nSPS) is 18.6. The molecule has 2 amide bonds. The molecule has 1 spiro atoms. The van der Waals surface area contributed by atoms with Crippen molar-refractivity contribution in [2.45, 2.75) is 70.2 Å². The van der Waals surface area contributed by atoms with Crippen molar-refractivity contribution in [2.75, 3.05) is 39.3 Å². The summed E-state index contributed by atoms with van der Waals surface area (Å²) < 4.78 is 29.7. The Morgan fingerprint density at radius 3 is 2.50 bits per heavy atom. The van der Waals surface area contributed by atoms with Crippen LogP contribution in [0.25, 0.3) is 22.0 Å². The van der Waals surface area contributed by atoms with Gasteiger partial charge in [0.15, 0.2) is 5.01 Å². The number of nitrogens with one attached hydrogen (secondary N) is 2. The predicted molar refractivity (Wildman–Crippen MR) is 219 cm³/mol. The molecule has 3 fully saturated rings. The largest absolute Gasteiger partial charge is 0.389 e. The number of carbonyl (C=O) groups excluding carboxylic acids is 2. The smallest absolute Gasteiger partial charge is 0.280 e. The van der Waals surface area contributed by atoms with E-state index in [9.17, 15) is 18.0 Å². The average molecular weight is 811 g/mol. The third kappa shape index (κ3) is 7.96. The van der Waals surface area contributed by atoms with Crippen LogP contribution in [0.5, 0.6) is 0 Å². The van der Waals surface area contributed by atoms with Crippen molar-refractivity contribution >= 4 is 72.9 Å². The summed E-state index contributed by atoms with van der Waals surface area (Å²) in [5.74, 6) is -0.0727. The first-order chi connectivity index (χ1) is 25.8. The number of thiazole rings is 1. The number of benzene rings is 2. The van der Waals surface area contributed by atoms with Gasteiger partial charge in [0.05, 0.1) is 15.8 Å². The number of sulfonamides is 1. The molecule has 4 N–H and O–H groups in total. The molecular weight excluding hydrogens is 762 g/mol. The van der Waals surface area contributed by atoms with Crippen molar-refractivity contribution in [3.05, 3.63) is 75.3 Å². The molecule has 4 heterocycles. The number of nitrogens with zero attached hydrogens (tertiary/aromatic N) is 4. The van der Waals surface area contributed by atoms with Gasteiger partial charge in [-0.25, -0.2) is 17.7 Å². The molecule has 288 valence electrons. The quantitative estimate of drug-likeness (QED) is 0.149. The average Bonchev–Trinajstić information content (AvgIpc) is 3.84. The Hall–Kier alpha value is -3.40. The van der Waals surface area contributed by atoms with Crippen LogP contribution >= 0.6 is 35.2 Å². The van der Waals surface area contributed by atoms with Gasteiger partial charge in [0, 0.05) is 79.0 Å². The van der Waals surface area contributed by atoms with Crippen LogP contribution < -0.4 is 16.4 Å². The van der Waals surface area contributed by atoms with Gasteiger partial charge in [0.1, 0.15) is 4.99 Å². The molecule has 2 aromatic heterocycles. The Kier molecular flexibility index (Phi) is 11.5. The second kappa shape index (κ2) is 16.0. The maximum absolute atomic E-state index is 13.4. The van der Waals surface area contributed by atoms with Crippen molar-refractivity contribution in [1.82, 2.24) is 29.4 Å². The van der Waals surface area contributed by atoms with Crippen molar-refractivity contribution in [1.29, 1.82) is 0 Å². The first kappa shape index (κ1) is 38.9. The number of halogens is 1. The number of rotatable bonds is 12. The minimum Gasteiger partial charge on any atom is -0.389 e. The third-order valence-electron chi connectivity index (χ3n) is 11.7. The number of aromatic nitrogens is 2. The lowest BCUT2D eigenvalue weighted by atomic mass is 9.57. The molecule has 2 saturated heterocycles. The van der Waals surface area contributed by atoms with Crippen LogP contribution in [0.15, 0.2) is 54.2 Å². The van der Waals surface area contributed by atoms with Crippen LogP contribution in [0.1, 0.15) is 79.3 Å². The second-order valence-electron chi connectivity index (χ2n) is 15.3. The second-order valence-corrected chi connectivity index (χ2v) is 19.5. The zero-order chi connectivity index (χ0) is 38.2. The van der Waals surface area contributed by atoms with Crippen molar-refractivity contribution in [3.63, 3.8) is 0 Å². The van der Waals surface area contributed by atoms with E-state index in [1.807, 2.05) is 30.3 Å². The number of thiocarbonyl (C=S) groups is 1. The number of piperidine rings is 2. The predicted octanol–water partition coefficient (Wildman–Crippen LogP) is 5.97. The maximum atomic E-state index is 13.4. The van der Waals surface area contributed by atoms with Gasteiger partial charge in [-0.1, -0.05) is 54.2 Å².